The van der Waals surface area contributed by atoms with E-state index < -0.39 is 26.4 Å². The molecule has 0 aromatic rings. The Labute approximate surface area is 84.9 Å². The van der Waals surface area contributed by atoms with Gasteiger partial charge in [-0.1, -0.05) is 0 Å². The molecule has 0 heterocycles. The molecule has 0 saturated heterocycles. The summed E-state index contributed by atoms with van der Waals surface area (Å²) in [7, 11) is 1.42. The smallest absolute Gasteiger partial charge is 0.212 e. The first kappa shape index (κ1) is 12.1. The van der Waals surface area contributed by atoms with Gasteiger partial charge in [0.25, 0.3) is 0 Å². The van der Waals surface area contributed by atoms with Crippen molar-refractivity contribution < 1.29 is 21.6 Å². The summed E-state index contributed by atoms with van der Waals surface area (Å²) in [5.41, 5.74) is 0. The monoisotopic (exact) mass is 250 g/mol. The van der Waals surface area contributed by atoms with Crippen molar-refractivity contribution in [1.29, 1.82) is 0 Å². The van der Waals surface area contributed by atoms with E-state index in [1.165, 1.54) is 0 Å². The van der Waals surface area contributed by atoms with Crippen LogP contribution in [0.5, 0.6) is 0 Å². The van der Waals surface area contributed by atoms with Gasteiger partial charge in [0.1, 0.15) is 0 Å². The molecule has 1 saturated carbocycles. The number of alkyl halides is 3. The first-order valence-electron chi connectivity index (χ1n) is 4.17. The summed E-state index contributed by atoms with van der Waals surface area (Å²) in [6, 6.07) is 0. The van der Waals surface area contributed by atoms with Gasteiger partial charge >= 0.3 is 6.18 Å². The van der Waals surface area contributed by atoms with Crippen LogP contribution in [-0.2, 0) is 9.05 Å². The lowest BCUT2D eigenvalue weighted by atomic mass is 10.1. The molecule has 0 aromatic heterocycles. The van der Waals surface area contributed by atoms with Crippen LogP contribution in [0.25, 0.3) is 0 Å². The van der Waals surface area contributed by atoms with Crippen molar-refractivity contribution >= 4 is 19.7 Å². The average molecular weight is 251 g/mol. The van der Waals surface area contributed by atoms with E-state index >= 15 is 0 Å². The molecule has 1 rings (SSSR count). The summed E-state index contributed by atoms with van der Waals surface area (Å²) in [5.74, 6) is 0. The van der Waals surface area contributed by atoms with Crippen LogP contribution < -0.4 is 0 Å². The molecule has 0 N–H and O–H groups in total. The Kier molecular flexibility index (Phi) is 3.07. The highest BCUT2D eigenvalue weighted by atomic mass is 35.7. The lowest BCUT2D eigenvalue weighted by molar-refractivity contribution is -0.135. The molecule has 0 unspecified atom stereocenters. The van der Waals surface area contributed by atoms with Crippen LogP contribution in [-0.4, -0.2) is 19.3 Å². The molecule has 84 valence electrons. The second-order valence-corrected chi connectivity index (χ2v) is 6.55. The molecule has 14 heavy (non-hydrogen) atoms. The highest BCUT2D eigenvalue weighted by molar-refractivity contribution is 8.15. The van der Waals surface area contributed by atoms with E-state index in [-0.39, 0.29) is 12.8 Å². The van der Waals surface area contributed by atoms with Crippen LogP contribution >= 0.6 is 10.7 Å². The highest BCUT2D eigenvalue weighted by Crippen LogP contribution is 2.49. The van der Waals surface area contributed by atoms with Crippen LogP contribution in [0.1, 0.15) is 32.1 Å². The van der Waals surface area contributed by atoms with Crippen molar-refractivity contribution in [2.45, 2.75) is 43.0 Å². The highest BCUT2D eigenvalue weighted by Gasteiger charge is 2.53. The van der Waals surface area contributed by atoms with Crippen molar-refractivity contribution in [3.05, 3.63) is 0 Å². The van der Waals surface area contributed by atoms with Crippen molar-refractivity contribution in [3.63, 3.8) is 0 Å². The molecular formula is C7H10ClF3O2S. The van der Waals surface area contributed by atoms with Crippen LogP contribution in [0.15, 0.2) is 0 Å². The van der Waals surface area contributed by atoms with E-state index in [1.807, 2.05) is 0 Å². The second-order valence-electron chi connectivity index (χ2n) is 3.59. The zero-order valence-corrected chi connectivity index (χ0v) is 8.84. The maximum absolute atomic E-state index is 11.8. The SMILES string of the molecule is O=S(=O)(Cl)C1(CCCC(F)(F)F)CC1. The molecule has 2 nitrogen and oxygen atoms in total. The van der Waals surface area contributed by atoms with Gasteiger partial charge in [0.05, 0.1) is 4.75 Å². The van der Waals surface area contributed by atoms with Gasteiger partial charge in [0.15, 0.2) is 0 Å². The van der Waals surface area contributed by atoms with Gasteiger partial charge in [-0.05, 0) is 25.7 Å². The van der Waals surface area contributed by atoms with Crippen molar-refractivity contribution in [1.82, 2.24) is 0 Å². The zero-order chi connectivity index (χ0) is 11.0. The third-order valence-electron chi connectivity index (χ3n) is 2.42. The van der Waals surface area contributed by atoms with Gasteiger partial charge < -0.3 is 0 Å². The Balaban J connectivity index is 2.40. The molecule has 1 aliphatic rings. The summed E-state index contributed by atoms with van der Waals surface area (Å²) in [4.78, 5) is 0. The van der Waals surface area contributed by atoms with Crippen LogP contribution in [0.4, 0.5) is 13.2 Å². The fourth-order valence-electron chi connectivity index (χ4n) is 1.37. The molecule has 0 aromatic carbocycles. The topological polar surface area (TPSA) is 34.1 Å². The average Bonchev–Trinajstić information content (AvgIpc) is 2.63. The number of hydrogen-bond donors (Lipinski definition) is 0. The number of rotatable bonds is 4. The Morgan fingerprint density at radius 2 is 1.79 bits per heavy atom. The largest absolute Gasteiger partial charge is 0.389 e. The Hall–Kier alpha value is 0.0300. The molecule has 0 spiro atoms. The van der Waals surface area contributed by atoms with Crippen LogP contribution in [0.3, 0.4) is 0 Å². The standard InChI is InChI=1S/C7H10ClF3O2S/c8-14(12,13)6(4-5-6)2-1-3-7(9,10)11/h1-5H2. The molecule has 0 atom stereocenters. The molecular weight excluding hydrogens is 241 g/mol. The van der Waals surface area contributed by atoms with E-state index in [9.17, 15) is 21.6 Å². The maximum Gasteiger partial charge on any atom is 0.389 e. The van der Waals surface area contributed by atoms with E-state index in [0.717, 1.165) is 0 Å². The summed E-state index contributed by atoms with van der Waals surface area (Å²) in [6.45, 7) is 0. The van der Waals surface area contributed by atoms with E-state index in [0.29, 0.717) is 12.8 Å². The summed E-state index contributed by atoms with van der Waals surface area (Å²) < 4.78 is 56.2. The van der Waals surface area contributed by atoms with Crippen LogP contribution in [0, 0.1) is 0 Å². The first-order chi connectivity index (χ1) is 6.16. The molecule has 0 amide bonds. The summed E-state index contributed by atoms with van der Waals surface area (Å²) >= 11 is 0. The third-order valence-corrected chi connectivity index (χ3v) is 5.05. The summed E-state index contributed by atoms with van der Waals surface area (Å²) in [5, 5.41) is 0. The minimum absolute atomic E-state index is 0.0122. The van der Waals surface area contributed by atoms with Gasteiger partial charge in [-0.25, -0.2) is 8.42 Å². The van der Waals surface area contributed by atoms with Crippen molar-refractivity contribution in [2.75, 3.05) is 0 Å². The lowest BCUT2D eigenvalue weighted by Gasteiger charge is -2.11. The minimum Gasteiger partial charge on any atom is -0.212 e. The van der Waals surface area contributed by atoms with Crippen LogP contribution in [0.2, 0.25) is 0 Å². The normalized spacial score (nSPS) is 20.9. The van der Waals surface area contributed by atoms with Crippen molar-refractivity contribution in [3.8, 4) is 0 Å². The number of halogens is 4. The molecule has 0 radical (unpaired) electrons. The molecule has 0 bridgehead atoms. The molecule has 1 aliphatic carbocycles. The number of hydrogen-bond acceptors (Lipinski definition) is 2. The maximum atomic E-state index is 11.8. The van der Waals surface area contributed by atoms with Gasteiger partial charge in [0, 0.05) is 17.1 Å². The fraction of sp³-hybridized carbons (Fsp3) is 1.00. The van der Waals surface area contributed by atoms with E-state index in [1.54, 1.807) is 0 Å². The summed E-state index contributed by atoms with van der Waals surface area (Å²) in [6.07, 6.45) is -4.55. The van der Waals surface area contributed by atoms with E-state index in [2.05, 4.69) is 0 Å². The predicted molar refractivity (Wildman–Crippen MR) is 46.6 cm³/mol. The quantitative estimate of drug-likeness (QED) is 0.719. The Morgan fingerprint density at radius 1 is 1.29 bits per heavy atom. The zero-order valence-electron chi connectivity index (χ0n) is 7.27. The van der Waals surface area contributed by atoms with Gasteiger partial charge in [-0.2, -0.15) is 13.2 Å². The molecule has 1 fully saturated rings. The Bertz CT molecular complexity index is 305. The molecule has 7 heteroatoms. The fourth-order valence-corrected chi connectivity index (χ4v) is 3.04. The van der Waals surface area contributed by atoms with Gasteiger partial charge in [-0.3, -0.25) is 0 Å². The Morgan fingerprint density at radius 3 is 2.07 bits per heavy atom. The third kappa shape index (κ3) is 3.02. The lowest BCUT2D eigenvalue weighted by Crippen LogP contribution is -2.19. The molecule has 0 aliphatic heterocycles. The van der Waals surface area contributed by atoms with Crippen molar-refractivity contribution in [2.24, 2.45) is 0 Å². The van der Waals surface area contributed by atoms with Gasteiger partial charge in [0.2, 0.25) is 9.05 Å². The van der Waals surface area contributed by atoms with E-state index in [4.69, 9.17) is 10.7 Å². The second kappa shape index (κ2) is 3.56. The predicted octanol–water partition coefficient (Wildman–Crippen LogP) is 2.82. The van der Waals surface area contributed by atoms with Gasteiger partial charge in [-0.15, -0.1) is 0 Å². The first-order valence-corrected chi connectivity index (χ1v) is 6.48. The minimum atomic E-state index is -4.22.